The van der Waals surface area contributed by atoms with E-state index in [0.29, 0.717) is 10.6 Å². The van der Waals surface area contributed by atoms with Crippen LogP contribution in [0.2, 0.25) is 5.02 Å². The van der Waals surface area contributed by atoms with Crippen molar-refractivity contribution in [1.29, 1.82) is 5.26 Å². The Balaban J connectivity index is 1.94. The van der Waals surface area contributed by atoms with Crippen molar-refractivity contribution in [3.63, 3.8) is 0 Å². The summed E-state index contributed by atoms with van der Waals surface area (Å²) < 4.78 is 0. The molecule has 3 heteroatoms. The molecule has 0 amide bonds. The first-order chi connectivity index (χ1) is 8.29. The minimum absolute atomic E-state index is 0.648. The summed E-state index contributed by atoms with van der Waals surface area (Å²) in [6, 6.07) is 7.46. The van der Waals surface area contributed by atoms with E-state index in [2.05, 4.69) is 17.5 Å². The van der Waals surface area contributed by atoms with Crippen molar-refractivity contribution in [1.82, 2.24) is 0 Å². The first kappa shape index (κ1) is 12.0. The predicted molar refractivity (Wildman–Crippen MR) is 71.2 cm³/mol. The molecule has 0 aliphatic heterocycles. The molecular formula is C14H15ClN2. The van der Waals surface area contributed by atoms with Crippen molar-refractivity contribution in [2.45, 2.75) is 25.7 Å². The second kappa shape index (κ2) is 5.75. The van der Waals surface area contributed by atoms with E-state index < -0.39 is 0 Å². The van der Waals surface area contributed by atoms with E-state index in [1.807, 2.05) is 6.07 Å². The van der Waals surface area contributed by atoms with Crippen LogP contribution in [0.5, 0.6) is 0 Å². The Bertz CT molecular complexity index is 472. The van der Waals surface area contributed by atoms with E-state index in [-0.39, 0.29) is 0 Å². The fourth-order valence-corrected chi connectivity index (χ4v) is 2.25. The van der Waals surface area contributed by atoms with Gasteiger partial charge in [0.1, 0.15) is 6.07 Å². The standard InChI is InChI=1S/C14H15ClN2/c15-13-6-5-12(10-16)14(9-13)17-8-7-11-3-1-2-4-11/h3,5-6,9,17H,1-2,4,7-8H2. The maximum absolute atomic E-state index is 8.98. The summed E-state index contributed by atoms with van der Waals surface area (Å²) in [4.78, 5) is 0. The molecule has 0 spiro atoms. The van der Waals surface area contributed by atoms with Gasteiger partial charge in [0.25, 0.3) is 0 Å². The lowest BCUT2D eigenvalue weighted by molar-refractivity contribution is 0.863. The summed E-state index contributed by atoms with van der Waals surface area (Å²) >= 11 is 5.92. The van der Waals surface area contributed by atoms with Gasteiger partial charge in [-0.05, 0) is 43.9 Å². The number of benzene rings is 1. The number of nitrogens with zero attached hydrogens (tertiary/aromatic N) is 1. The number of halogens is 1. The maximum atomic E-state index is 8.98. The third kappa shape index (κ3) is 3.25. The minimum Gasteiger partial charge on any atom is -0.384 e. The molecule has 1 aliphatic rings. The van der Waals surface area contributed by atoms with Gasteiger partial charge in [-0.25, -0.2) is 0 Å². The Labute approximate surface area is 107 Å². The average molecular weight is 247 g/mol. The zero-order valence-corrected chi connectivity index (χ0v) is 10.4. The molecule has 1 aromatic carbocycles. The Morgan fingerprint density at radius 1 is 1.41 bits per heavy atom. The molecule has 0 bridgehead atoms. The molecule has 2 nitrogen and oxygen atoms in total. The first-order valence-electron chi connectivity index (χ1n) is 5.91. The van der Waals surface area contributed by atoms with Gasteiger partial charge in [0.15, 0.2) is 0 Å². The van der Waals surface area contributed by atoms with Crippen LogP contribution in [0.1, 0.15) is 31.2 Å². The molecule has 0 unspecified atom stereocenters. The molecule has 0 heterocycles. The monoisotopic (exact) mass is 246 g/mol. The van der Waals surface area contributed by atoms with E-state index in [4.69, 9.17) is 16.9 Å². The van der Waals surface area contributed by atoms with Gasteiger partial charge in [0, 0.05) is 11.6 Å². The van der Waals surface area contributed by atoms with E-state index >= 15 is 0 Å². The first-order valence-corrected chi connectivity index (χ1v) is 6.29. The van der Waals surface area contributed by atoms with Crippen molar-refractivity contribution in [2.75, 3.05) is 11.9 Å². The van der Waals surface area contributed by atoms with Gasteiger partial charge >= 0.3 is 0 Å². The molecule has 1 N–H and O–H groups in total. The number of hydrogen-bond donors (Lipinski definition) is 1. The number of hydrogen-bond acceptors (Lipinski definition) is 2. The lowest BCUT2D eigenvalue weighted by atomic mass is 10.1. The molecule has 88 valence electrons. The topological polar surface area (TPSA) is 35.8 Å². The van der Waals surface area contributed by atoms with Gasteiger partial charge in [-0.15, -0.1) is 0 Å². The van der Waals surface area contributed by atoms with Gasteiger partial charge in [-0.3, -0.25) is 0 Å². The zero-order chi connectivity index (χ0) is 12.1. The van der Waals surface area contributed by atoms with Crippen molar-refractivity contribution in [3.05, 3.63) is 40.4 Å². The number of nitriles is 1. The van der Waals surface area contributed by atoms with E-state index in [0.717, 1.165) is 18.7 Å². The highest BCUT2D eigenvalue weighted by Crippen LogP contribution is 2.23. The quantitative estimate of drug-likeness (QED) is 0.811. The minimum atomic E-state index is 0.648. The second-order valence-electron chi connectivity index (χ2n) is 4.23. The molecule has 0 saturated carbocycles. The van der Waals surface area contributed by atoms with Crippen LogP contribution in [0.4, 0.5) is 5.69 Å². The summed E-state index contributed by atoms with van der Waals surface area (Å²) in [6.45, 7) is 0.862. The van der Waals surface area contributed by atoms with Crippen LogP contribution < -0.4 is 5.32 Å². The fourth-order valence-electron chi connectivity index (χ4n) is 2.08. The van der Waals surface area contributed by atoms with Crippen LogP contribution in [0, 0.1) is 11.3 Å². The Morgan fingerprint density at radius 3 is 3.00 bits per heavy atom. The van der Waals surface area contributed by atoms with Crippen LogP contribution in [0.25, 0.3) is 0 Å². The van der Waals surface area contributed by atoms with E-state index in [9.17, 15) is 0 Å². The van der Waals surface area contributed by atoms with Crippen LogP contribution in [-0.2, 0) is 0 Å². The fraction of sp³-hybridized carbons (Fsp3) is 0.357. The van der Waals surface area contributed by atoms with Crippen LogP contribution in [0.3, 0.4) is 0 Å². The van der Waals surface area contributed by atoms with Gasteiger partial charge < -0.3 is 5.32 Å². The molecule has 0 saturated heterocycles. The third-order valence-corrected chi connectivity index (χ3v) is 3.23. The Morgan fingerprint density at radius 2 is 2.29 bits per heavy atom. The van der Waals surface area contributed by atoms with Crippen molar-refractivity contribution in [2.24, 2.45) is 0 Å². The van der Waals surface area contributed by atoms with E-state index in [1.165, 1.54) is 24.8 Å². The number of rotatable bonds is 4. The van der Waals surface area contributed by atoms with Gasteiger partial charge in [0.05, 0.1) is 11.3 Å². The van der Waals surface area contributed by atoms with Gasteiger partial charge in [0.2, 0.25) is 0 Å². The van der Waals surface area contributed by atoms with Gasteiger partial charge in [-0.1, -0.05) is 23.3 Å². The van der Waals surface area contributed by atoms with Crippen LogP contribution in [0.15, 0.2) is 29.8 Å². The number of allylic oxidation sites excluding steroid dienone is 1. The smallest absolute Gasteiger partial charge is 0.101 e. The molecule has 0 atom stereocenters. The summed E-state index contributed by atoms with van der Waals surface area (Å²) in [5.74, 6) is 0. The Hall–Kier alpha value is -1.46. The highest BCUT2D eigenvalue weighted by molar-refractivity contribution is 6.30. The van der Waals surface area contributed by atoms with Gasteiger partial charge in [-0.2, -0.15) is 5.26 Å². The number of anilines is 1. The van der Waals surface area contributed by atoms with Crippen molar-refractivity contribution < 1.29 is 0 Å². The zero-order valence-electron chi connectivity index (χ0n) is 9.67. The molecule has 0 fully saturated rings. The largest absolute Gasteiger partial charge is 0.384 e. The lowest BCUT2D eigenvalue weighted by Gasteiger charge is -2.09. The molecule has 0 radical (unpaired) electrons. The summed E-state index contributed by atoms with van der Waals surface area (Å²) in [5.41, 5.74) is 3.01. The van der Waals surface area contributed by atoms with E-state index in [1.54, 1.807) is 12.1 Å². The molecule has 2 rings (SSSR count). The third-order valence-electron chi connectivity index (χ3n) is 3.00. The number of nitrogens with one attached hydrogen (secondary N) is 1. The highest BCUT2D eigenvalue weighted by atomic mass is 35.5. The molecule has 1 aromatic rings. The van der Waals surface area contributed by atoms with Crippen LogP contribution in [-0.4, -0.2) is 6.54 Å². The SMILES string of the molecule is N#Cc1ccc(Cl)cc1NCCC1=CCCC1. The van der Waals surface area contributed by atoms with Crippen molar-refractivity contribution >= 4 is 17.3 Å². The highest BCUT2D eigenvalue weighted by Gasteiger charge is 2.05. The normalized spacial score (nSPS) is 14.2. The summed E-state index contributed by atoms with van der Waals surface area (Å²) in [7, 11) is 0. The molecular weight excluding hydrogens is 232 g/mol. The molecule has 1 aliphatic carbocycles. The van der Waals surface area contributed by atoms with Crippen LogP contribution >= 0.6 is 11.6 Å². The van der Waals surface area contributed by atoms with Crippen molar-refractivity contribution in [3.8, 4) is 6.07 Å². The summed E-state index contributed by atoms with van der Waals surface area (Å²) in [5, 5.41) is 12.9. The predicted octanol–water partition coefficient (Wildman–Crippen LogP) is 4.12. The molecule has 0 aromatic heterocycles. The Kier molecular flexibility index (Phi) is 4.06. The average Bonchev–Trinajstić information content (AvgIpc) is 2.82. The molecule has 17 heavy (non-hydrogen) atoms. The lowest BCUT2D eigenvalue weighted by Crippen LogP contribution is -2.03. The summed E-state index contributed by atoms with van der Waals surface area (Å²) in [6.07, 6.45) is 7.11. The maximum Gasteiger partial charge on any atom is 0.101 e. The second-order valence-corrected chi connectivity index (χ2v) is 4.67.